The zero-order valence-electron chi connectivity index (χ0n) is 11.5. The van der Waals surface area contributed by atoms with Gasteiger partial charge in [-0.3, -0.25) is 9.59 Å². The highest BCUT2D eigenvalue weighted by Gasteiger charge is 2.20. The van der Waals surface area contributed by atoms with E-state index in [-0.39, 0.29) is 24.9 Å². The van der Waals surface area contributed by atoms with Crippen LogP contribution < -0.4 is 10.6 Å². The number of urea groups is 1. The summed E-state index contributed by atoms with van der Waals surface area (Å²) < 4.78 is 0. The molecule has 1 aromatic rings. The second-order valence-electron chi connectivity index (χ2n) is 4.80. The van der Waals surface area contributed by atoms with Gasteiger partial charge in [0.15, 0.2) is 0 Å². The van der Waals surface area contributed by atoms with Crippen molar-refractivity contribution in [2.45, 2.75) is 12.8 Å². The molecular formula is C14H17N3O4. The molecule has 0 bridgehead atoms. The topological polar surface area (TPSA) is 98.7 Å². The predicted octanol–water partition coefficient (Wildman–Crippen LogP) is 0.667. The summed E-state index contributed by atoms with van der Waals surface area (Å²) in [5.41, 5.74) is 1.43. The van der Waals surface area contributed by atoms with Crippen LogP contribution in [0.1, 0.15) is 12.0 Å². The minimum atomic E-state index is -0.858. The standard InChI is InChI=1S/C14H17N3O4/c18-12-9-17(7-6-15-12)14(21)16-11-3-1-2-10(8-11)4-5-13(19)20/h1-3,8H,4-7,9H2,(H,15,18)(H,16,21)(H,19,20). The fraction of sp³-hybridized carbons (Fsp3) is 0.357. The van der Waals surface area contributed by atoms with Gasteiger partial charge in [-0.1, -0.05) is 12.1 Å². The third-order valence-electron chi connectivity index (χ3n) is 3.13. The smallest absolute Gasteiger partial charge is 0.322 e. The average molecular weight is 291 g/mol. The van der Waals surface area contributed by atoms with Crippen LogP contribution in [0.25, 0.3) is 0 Å². The number of hydrogen-bond acceptors (Lipinski definition) is 3. The molecule has 7 nitrogen and oxygen atoms in total. The Morgan fingerprint density at radius 1 is 1.38 bits per heavy atom. The molecule has 7 heteroatoms. The maximum atomic E-state index is 12.0. The summed E-state index contributed by atoms with van der Waals surface area (Å²) in [5, 5.41) is 14.0. The maximum Gasteiger partial charge on any atom is 0.322 e. The number of carbonyl (C=O) groups excluding carboxylic acids is 2. The van der Waals surface area contributed by atoms with Crippen LogP contribution in [-0.4, -0.2) is 47.5 Å². The van der Waals surface area contributed by atoms with Gasteiger partial charge in [-0.15, -0.1) is 0 Å². The molecule has 0 atom stereocenters. The summed E-state index contributed by atoms with van der Waals surface area (Å²) in [6, 6.07) is 6.71. The van der Waals surface area contributed by atoms with Crippen LogP contribution in [0, 0.1) is 0 Å². The van der Waals surface area contributed by atoms with Gasteiger partial charge < -0.3 is 20.6 Å². The number of nitrogens with zero attached hydrogens (tertiary/aromatic N) is 1. The van der Waals surface area contributed by atoms with Crippen molar-refractivity contribution in [3.05, 3.63) is 29.8 Å². The van der Waals surface area contributed by atoms with Crippen molar-refractivity contribution in [1.29, 1.82) is 0 Å². The van der Waals surface area contributed by atoms with Crippen LogP contribution in [0.15, 0.2) is 24.3 Å². The number of aliphatic carboxylic acids is 1. The zero-order chi connectivity index (χ0) is 15.2. The third kappa shape index (κ3) is 4.48. The highest BCUT2D eigenvalue weighted by Crippen LogP contribution is 2.13. The molecule has 0 aromatic heterocycles. The number of rotatable bonds is 4. The molecule has 0 radical (unpaired) electrons. The molecule has 1 heterocycles. The van der Waals surface area contributed by atoms with Crippen molar-refractivity contribution in [2.75, 3.05) is 25.0 Å². The SMILES string of the molecule is O=C(O)CCc1cccc(NC(=O)N2CCNC(=O)C2)c1. The highest BCUT2D eigenvalue weighted by molar-refractivity contribution is 5.93. The first kappa shape index (κ1) is 14.8. The number of aryl methyl sites for hydroxylation is 1. The molecule has 1 aliphatic rings. The van der Waals surface area contributed by atoms with Crippen molar-refractivity contribution < 1.29 is 19.5 Å². The van der Waals surface area contributed by atoms with Crippen LogP contribution in [0.4, 0.5) is 10.5 Å². The lowest BCUT2D eigenvalue weighted by molar-refractivity contribution is -0.137. The fourth-order valence-electron chi connectivity index (χ4n) is 2.07. The number of hydrogen-bond donors (Lipinski definition) is 3. The van der Waals surface area contributed by atoms with E-state index >= 15 is 0 Å². The van der Waals surface area contributed by atoms with Gasteiger partial charge >= 0.3 is 12.0 Å². The van der Waals surface area contributed by atoms with Crippen LogP contribution >= 0.6 is 0 Å². The quantitative estimate of drug-likeness (QED) is 0.759. The molecule has 3 amide bonds. The molecule has 1 aromatic carbocycles. The van der Waals surface area contributed by atoms with E-state index in [0.29, 0.717) is 25.2 Å². The third-order valence-corrected chi connectivity index (χ3v) is 3.13. The Labute approximate surface area is 121 Å². The monoisotopic (exact) mass is 291 g/mol. The summed E-state index contributed by atoms with van der Waals surface area (Å²) in [6.07, 6.45) is 0.453. The number of carboxylic acid groups (broad SMARTS) is 1. The molecule has 0 spiro atoms. The average Bonchev–Trinajstić information content (AvgIpc) is 2.45. The van der Waals surface area contributed by atoms with E-state index in [4.69, 9.17) is 5.11 Å². The molecule has 112 valence electrons. The Kier molecular flexibility index (Phi) is 4.76. The van der Waals surface area contributed by atoms with Crippen molar-refractivity contribution >= 4 is 23.6 Å². The normalized spacial score (nSPS) is 14.5. The summed E-state index contributed by atoms with van der Waals surface area (Å²) in [5.74, 6) is -1.03. The molecule has 1 saturated heterocycles. The molecule has 0 aliphatic carbocycles. The summed E-state index contributed by atoms with van der Waals surface area (Å²) in [6.45, 7) is 0.964. The Bertz CT molecular complexity index is 559. The van der Waals surface area contributed by atoms with E-state index in [9.17, 15) is 14.4 Å². The van der Waals surface area contributed by atoms with E-state index < -0.39 is 5.97 Å². The highest BCUT2D eigenvalue weighted by atomic mass is 16.4. The molecule has 0 unspecified atom stereocenters. The zero-order valence-corrected chi connectivity index (χ0v) is 11.5. The van der Waals surface area contributed by atoms with Crippen LogP contribution in [0.5, 0.6) is 0 Å². The maximum absolute atomic E-state index is 12.0. The first-order valence-electron chi connectivity index (χ1n) is 6.68. The number of anilines is 1. The Morgan fingerprint density at radius 3 is 2.90 bits per heavy atom. The number of piperazine rings is 1. The van der Waals surface area contributed by atoms with Gasteiger partial charge in [0.25, 0.3) is 0 Å². The predicted molar refractivity (Wildman–Crippen MR) is 76.0 cm³/mol. The molecule has 2 rings (SSSR count). The lowest BCUT2D eigenvalue weighted by atomic mass is 10.1. The minimum Gasteiger partial charge on any atom is -0.481 e. The van der Waals surface area contributed by atoms with Crippen molar-refractivity contribution in [3.63, 3.8) is 0 Å². The Hall–Kier alpha value is -2.57. The number of nitrogens with one attached hydrogen (secondary N) is 2. The lowest BCUT2D eigenvalue weighted by Gasteiger charge is -2.26. The largest absolute Gasteiger partial charge is 0.481 e. The molecule has 1 fully saturated rings. The lowest BCUT2D eigenvalue weighted by Crippen LogP contribution is -2.51. The summed E-state index contributed by atoms with van der Waals surface area (Å²) >= 11 is 0. The minimum absolute atomic E-state index is 0.0453. The second-order valence-corrected chi connectivity index (χ2v) is 4.80. The van der Waals surface area contributed by atoms with Crippen molar-refractivity contribution in [2.24, 2.45) is 0 Å². The van der Waals surface area contributed by atoms with E-state index in [0.717, 1.165) is 5.56 Å². The van der Waals surface area contributed by atoms with E-state index in [1.54, 1.807) is 18.2 Å². The van der Waals surface area contributed by atoms with Crippen molar-refractivity contribution in [3.8, 4) is 0 Å². The molecule has 21 heavy (non-hydrogen) atoms. The van der Waals surface area contributed by atoms with Crippen LogP contribution in [-0.2, 0) is 16.0 Å². The van der Waals surface area contributed by atoms with Crippen molar-refractivity contribution in [1.82, 2.24) is 10.2 Å². The van der Waals surface area contributed by atoms with Crippen LogP contribution in [0.2, 0.25) is 0 Å². The van der Waals surface area contributed by atoms with Crippen LogP contribution in [0.3, 0.4) is 0 Å². The molecular weight excluding hydrogens is 274 g/mol. The number of carbonyl (C=O) groups is 3. The molecule has 1 aliphatic heterocycles. The van der Waals surface area contributed by atoms with Gasteiger partial charge in [0.1, 0.15) is 6.54 Å². The number of carboxylic acids is 1. The van der Waals surface area contributed by atoms with Gasteiger partial charge in [-0.25, -0.2) is 4.79 Å². The van der Waals surface area contributed by atoms with Gasteiger partial charge in [-0.05, 0) is 24.1 Å². The van der Waals surface area contributed by atoms with Gasteiger partial charge in [0.05, 0.1) is 0 Å². The van der Waals surface area contributed by atoms with E-state index in [1.165, 1.54) is 4.90 Å². The number of amides is 3. The van der Waals surface area contributed by atoms with Gasteiger partial charge in [0.2, 0.25) is 5.91 Å². The molecule has 0 saturated carbocycles. The Balaban J connectivity index is 1.95. The summed E-state index contributed by atoms with van der Waals surface area (Å²) in [4.78, 5) is 35.3. The first-order valence-corrected chi connectivity index (χ1v) is 6.68. The number of benzene rings is 1. The van der Waals surface area contributed by atoms with E-state index in [1.807, 2.05) is 6.07 Å². The fourth-order valence-corrected chi connectivity index (χ4v) is 2.07. The summed E-state index contributed by atoms with van der Waals surface area (Å²) in [7, 11) is 0. The second kappa shape index (κ2) is 6.74. The first-order chi connectivity index (χ1) is 10.0. The molecule has 3 N–H and O–H groups in total. The van der Waals surface area contributed by atoms with Gasteiger partial charge in [-0.2, -0.15) is 0 Å². The van der Waals surface area contributed by atoms with E-state index in [2.05, 4.69) is 10.6 Å². The van der Waals surface area contributed by atoms with Gasteiger partial charge in [0, 0.05) is 25.2 Å². The Morgan fingerprint density at radius 2 is 2.19 bits per heavy atom.